The molecule has 0 amide bonds. The quantitative estimate of drug-likeness (QED) is 0.147. The minimum atomic E-state index is -1.92. The minimum Gasteiger partial charge on any atom is -0.459 e. The maximum Gasteiger partial charge on any atom is 0.316 e. The number of aromatic nitrogens is 2. The zero-order valence-electron chi connectivity index (χ0n) is 32.1. The lowest BCUT2D eigenvalue weighted by molar-refractivity contribution is -0.295. The number of hydrogen-bond donors (Lipinski definition) is 3. The summed E-state index contributed by atoms with van der Waals surface area (Å²) in [7, 11) is 5.25. The van der Waals surface area contributed by atoms with E-state index in [4.69, 9.17) is 23.8 Å². The Kier molecular flexibility index (Phi) is 15.2. The highest BCUT2D eigenvalue weighted by molar-refractivity contribution is 6.00. The van der Waals surface area contributed by atoms with Crippen LogP contribution in [0.3, 0.4) is 0 Å². The smallest absolute Gasteiger partial charge is 0.316 e. The Balaban J connectivity index is 2.10. The first-order valence-corrected chi connectivity index (χ1v) is 17.9. The van der Waals surface area contributed by atoms with Gasteiger partial charge in [0.1, 0.15) is 36.7 Å². The molecular formula is C37H60N4O10. The number of hydrogen-bond acceptors (Lipinski definition) is 14. The Labute approximate surface area is 302 Å². The maximum absolute atomic E-state index is 14.1. The van der Waals surface area contributed by atoms with Crippen LogP contribution in [0.25, 0.3) is 6.08 Å². The van der Waals surface area contributed by atoms with Gasteiger partial charge in [0.2, 0.25) is 0 Å². The van der Waals surface area contributed by atoms with E-state index in [9.17, 15) is 24.9 Å². The number of aliphatic hydroxyl groups excluding tert-OH is 2. The first kappa shape index (κ1) is 42.6. The number of rotatable bonds is 9. The fraction of sp³-hybridized carbons (Fsp3) is 0.757. The van der Waals surface area contributed by atoms with E-state index in [0.717, 1.165) is 5.56 Å². The predicted molar refractivity (Wildman–Crippen MR) is 190 cm³/mol. The Morgan fingerprint density at radius 1 is 1.08 bits per heavy atom. The third kappa shape index (κ3) is 10.2. The van der Waals surface area contributed by atoms with E-state index in [1.165, 1.54) is 27.3 Å². The number of ether oxygens (including phenoxy) is 4. The van der Waals surface area contributed by atoms with Gasteiger partial charge in [0, 0.05) is 48.9 Å². The molecule has 2 saturated heterocycles. The molecule has 0 spiro atoms. The Morgan fingerprint density at radius 2 is 1.73 bits per heavy atom. The number of cyclic esters (lactones) is 1. The van der Waals surface area contributed by atoms with Gasteiger partial charge in [-0.2, -0.15) is 0 Å². The van der Waals surface area contributed by atoms with Crippen LogP contribution in [0.15, 0.2) is 30.0 Å². The number of oxime groups is 1. The number of ketones is 1. The summed E-state index contributed by atoms with van der Waals surface area (Å²) in [6.45, 7) is 13.6. The molecular weight excluding hydrogens is 660 g/mol. The summed E-state index contributed by atoms with van der Waals surface area (Å²) in [6.07, 6.45) is 3.20. The van der Waals surface area contributed by atoms with Gasteiger partial charge in [0.05, 0.1) is 29.6 Å². The summed E-state index contributed by atoms with van der Waals surface area (Å²) < 4.78 is 24.7. The third-order valence-electron chi connectivity index (χ3n) is 10.6. The average molecular weight is 721 g/mol. The topological polar surface area (TPSA) is 182 Å². The number of nitrogens with zero attached hydrogens (tertiary/aromatic N) is 4. The lowest BCUT2D eigenvalue weighted by Crippen LogP contribution is -2.60. The van der Waals surface area contributed by atoms with Crippen LogP contribution in [0, 0.1) is 23.7 Å². The van der Waals surface area contributed by atoms with Gasteiger partial charge in [-0.15, -0.1) is 0 Å². The van der Waals surface area contributed by atoms with Crippen LogP contribution < -0.4 is 0 Å². The van der Waals surface area contributed by atoms with Gasteiger partial charge in [-0.05, 0) is 67.1 Å². The van der Waals surface area contributed by atoms with Crippen molar-refractivity contribution in [3.05, 3.63) is 30.4 Å². The molecule has 1 aromatic heterocycles. The van der Waals surface area contributed by atoms with Crippen LogP contribution in [0.1, 0.15) is 80.2 Å². The van der Waals surface area contributed by atoms with E-state index >= 15 is 0 Å². The van der Waals surface area contributed by atoms with Crippen molar-refractivity contribution in [1.82, 2.24) is 14.9 Å². The maximum atomic E-state index is 14.1. The molecule has 0 bridgehead atoms. The van der Waals surface area contributed by atoms with E-state index in [2.05, 4.69) is 15.1 Å². The first-order valence-electron chi connectivity index (χ1n) is 17.9. The van der Waals surface area contributed by atoms with Crippen LogP contribution in [-0.4, -0.2) is 130 Å². The zero-order valence-corrected chi connectivity index (χ0v) is 32.1. The Bertz CT molecular complexity index is 1340. The Morgan fingerprint density at radius 3 is 2.31 bits per heavy atom. The number of likely N-dealkylation sites (N-methyl/N-ethyl adjacent to an activating group) is 1. The molecule has 2 aliphatic heterocycles. The molecule has 0 radical (unpaired) electrons. The van der Waals surface area contributed by atoms with Crippen molar-refractivity contribution in [3.8, 4) is 0 Å². The van der Waals surface area contributed by atoms with Crippen molar-refractivity contribution in [3.63, 3.8) is 0 Å². The molecule has 51 heavy (non-hydrogen) atoms. The normalized spacial score (nSPS) is 40.0. The van der Waals surface area contributed by atoms with Crippen molar-refractivity contribution in [2.75, 3.05) is 27.8 Å². The summed E-state index contributed by atoms with van der Waals surface area (Å²) in [5.74, 6) is -4.75. The molecule has 0 aliphatic carbocycles. The summed E-state index contributed by atoms with van der Waals surface area (Å²) in [4.78, 5) is 43.3. The Hall–Kier alpha value is -2.85. The SMILES string of the molecule is CC[C@H]1OC(=O)[C@H](C)C(=O)[C@H](C)[C@@H](O[C@@H]2O[C@H](C)C[C@H](N(C)C)[C@H]2O)[C@](C)(OC)C[C@@H](C)/C(=N\OC/C=C/c2cncnc2)[C@H](C)[C@@H](O)[C@]1(C)O. The summed E-state index contributed by atoms with van der Waals surface area (Å²) in [5, 5.41) is 39.3. The molecule has 14 heteroatoms. The van der Waals surface area contributed by atoms with Crippen molar-refractivity contribution in [2.24, 2.45) is 28.8 Å². The van der Waals surface area contributed by atoms with Crippen molar-refractivity contribution in [2.45, 2.75) is 129 Å². The predicted octanol–water partition coefficient (Wildman–Crippen LogP) is 3.03. The highest BCUT2D eigenvalue weighted by atomic mass is 16.7. The van der Waals surface area contributed by atoms with Gasteiger partial charge < -0.3 is 44.0 Å². The van der Waals surface area contributed by atoms with E-state index in [1.807, 2.05) is 32.8 Å². The highest BCUT2D eigenvalue weighted by Gasteiger charge is 2.51. The van der Waals surface area contributed by atoms with Crippen molar-refractivity contribution in [1.29, 1.82) is 0 Å². The summed E-state index contributed by atoms with van der Waals surface area (Å²) in [6, 6.07) is -0.273. The molecule has 3 heterocycles. The van der Waals surface area contributed by atoms with Crippen molar-refractivity contribution >= 4 is 23.5 Å². The van der Waals surface area contributed by atoms with Crippen LogP contribution in [-0.2, 0) is 33.4 Å². The fourth-order valence-electron chi connectivity index (χ4n) is 7.35. The number of aliphatic hydroxyl groups is 3. The van der Waals surface area contributed by atoms with E-state index in [1.54, 1.807) is 52.2 Å². The second kappa shape index (κ2) is 18.3. The van der Waals surface area contributed by atoms with Crippen LogP contribution >= 0.6 is 0 Å². The van der Waals surface area contributed by atoms with Gasteiger partial charge in [0.15, 0.2) is 12.1 Å². The van der Waals surface area contributed by atoms with Crippen LogP contribution in [0.4, 0.5) is 0 Å². The molecule has 14 nitrogen and oxygen atoms in total. The second-order valence-corrected chi connectivity index (χ2v) is 14.8. The molecule has 0 unspecified atom stereocenters. The van der Waals surface area contributed by atoms with Gasteiger partial charge >= 0.3 is 5.97 Å². The van der Waals surface area contributed by atoms with Gasteiger partial charge in [-0.1, -0.05) is 38.9 Å². The van der Waals surface area contributed by atoms with Crippen molar-refractivity contribution < 1.29 is 48.7 Å². The summed E-state index contributed by atoms with van der Waals surface area (Å²) in [5.41, 5.74) is -1.96. The summed E-state index contributed by atoms with van der Waals surface area (Å²) >= 11 is 0. The molecule has 13 atom stereocenters. The van der Waals surface area contributed by atoms with Crippen LogP contribution in [0.2, 0.25) is 0 Å². The average Bonchev–Trinajstić information content (AvgIpc) is 3.10. The first-order chi connectivity index (χ1) is 23.9. The van der Waals surface area contributed by atoms with E-state index in [0.29, 0.717) is 12.1 Å². The number of esters is 1. The molecule has 2 fully saturated rings. The standard InChI is InChI=1S/C37H60N4O10/c1-12-28-37(8,46)32(44)23(4)29(40-48-15-13-14-26-18-38-20-39-19-26)21(2)17-36(7,47-11)33(24(5)30(42)25(6)34(45)50-28)51-35-31(43)27(41(9)10)16-22(3)49-35/h13-14,18-25,27-28,31-33,35,43-44,46H,12,15-17H2,1-11H3/b14-13+,40-29+/t21-,22-,23+,24+,25-,27+,28-,31-,32-,33-,35+,36-,37-/m1/s1. The lowest BCUT2D eigenvalue weighted by Gasteiger charge is -2.47. The molecule has 0 saturated carbocycles. The molecule has 288 valence electrons. The second-order valence-electron chi connectivity index (χ2n) is 14.8. The molecule has 3 N–H and O–H groups in total. The number of carbonyl (C=O) groups excluding carboxylic acids is 2. The third-order valence-corrected chi connectivity index (χ3v) is 10.6. The molecule has 2 aliphatic rings. The lowest BCUT2D eigenvalue weighted by atomic mass is 9.74. The monoisotopic (exact) mass is 720 g/mol. The molecule has 1 aromatic rings. The number of methoxy groups -OCH3 is 1. The number of carbonyl (C=O) groups is 2. The van der Waals surface area contributed by atoms with Crippen LogP contribution in [0.5, 0.6) is 0 Å². The van der Waals surface area contributed by atoms with E-state index in [-0.39, 0.29) is 31.6 Å². The highest BCUT2D eigenvalue weighted by Crippen LogP contribution is 2.38. The van der Waals surface area contributed by atoms with Gasteiger partial charge in [-0.25, -0.2) is 9.97 Å². The van der Waals surface area contributed by atoms with Gasteiger partial charge in [-0.3, -0.25) is 9.59 Å². The molecule has 3 rings (SSSR count). The van der Waals surface area contributed by atoms with Gasteiger partial charge in [0.25, 0.3) is 0 Å². The minimum absolute atomic E-state index is 0.0817. The zero-order chi connectivity index (χ0) is 38.3. The number of Topliss-reactive ketones (excluding diaryl/α,β-unsaturated/α-hetero) is 1. The fourth-order valence-corrected chi connectivity index (χ4v) is 7.35. The molecule has 0 aromatic carbocycles. The van der Waals surface area contributed by atoms with E-state index < -0.39 is 77.3 Å². The largest absolute Gasteiger partial charge is 0.459 e.